The van der Waals surface area contributed by atoms with Crippen molar-refractivity contribution in [3.63, 3.8) is 0 Å². The summed E-state index contributed by atoms with van der Waals surface area (Å²) in [5, 5.41) is 12.9. The van der Waals surface area contributed by atoms with Crippen LogP contribution in [0.15, 0.2) is 0 Å². The van der Waals surface area contributed by atoms with Crippen molar-refractivity contribution >= 4 is 34.1 Å². The van der Waals surface area contributed by atoms with Crippen LogP contribution in [0.1, 0.15) is 46.5 Å². The summed E-state index contributed by atoms with van der Waals surface area (Å²) in [7, 11) is 0. The van der Waals surface area contributed by atoms with E-state index in [1.54, 1.807) is 0 Å². The smallest absolute Gasteiger partial charge is 0.307 e. The summed E-state index contributed by atoms with van der Waals surface area (Å²) >= 11 is 1.41. The van der Waals surface area contributed by atoms with Gasteiger partial charge in [-0.2, -0.15) is 0 Å². The number of thiophene rings is 1. The average molecular weight is 348 g/mol. The Morgan fingerprint density at radius 2 is 1.83 bits per heavy atom. The Kier molecular flexibility index (Phi) is 3.63. The largest absolute Gasteiger partial charge is 0.481 e. The summed E-state index contributed by atoms with van der Waals surface area (Å²) in [6.07, 6.45) is 5.34. The van der Waals surface area contributed by atoms with Crippen molar-refractivity contribution in [3.05, 3.63) is 16.0 Å². The molecule has 0 spiro atoms. The van der Waals surface area contributed by atoms with Crippen molar-refractivity contribution in [3.8, 4) is 0 Å². The van der Waals surface area contributed by atoms with Crippen LogP contribution in [-0.2, 0) is 22.4 Å². The molecule has 0 aliphatic heterocycles. The lowest BCUT2D eigenvalue weighted by molar-refractivity contribution is -0.148. The predicted octanol–water partition coefficient (Wildman–Crippen LogP) is 2.02. The molecule has 4 atom stereocenters. The molecule has 0 radical (unpaired) electrons. The van der Waals surface area contributed by atoms with E-state index in [0.29, 0.717) is 10.6 Å². The van der Waals surface area contributed by atoms with Crippen LogP contribution in [-0.4, -0.2) is 22.9 Å². The number of anilines is 1. The maximum Gasteiger partial charge on any atom is 0.307 e. The fourth-order valence-electron chi connectivity index (χ4n) is 4.97. The van der Waals surface area contributed by atoms with Gasteiger partial charge in [0.25, 0.3) is 5.91 Å². The minimum Gasteiger partial charge on any atom is -0.481 e. The number of aryl methyl sites for hydroxylation is 1. The Labute approximate surface area is 143 Å². The minimum atomic E-state index is -0.883. The third-order valence-electron chi connectivity index (χ3n) is 5.91. The average Bonchev–Trinajstić information content (AvgIpc) is 3.24. The van der Waals surface area contributed by atoms with Gasteiger partial charge in [0, 0.05) is 4.88 Å². The van der Waals surface area contributed by atoms with Gasteiger partial charge in [0.1, 0.15) is 5.00 Å². The molecule has 1 aromatic heterocycles. The fourth-order valence-corrected chi connectivity index (χ4v) is 6.27. The molecule has 2 amide bonds. The molecule has 0 aromatic carbocycles. The highest BCUT2D eigenvalue weighted by molar-refractivity contribution is 7.17. The molecule has 7 heteroatoms. The second-order valence-corrected chi connectivity index (χ2v) is 8.24. The molecule has 3 aliphatic rings. The number of hydrogen-bond donors (Lipinski definition) is 3. The van der Waals surface area contributed by atoms with E-state index in [4.69, 9.17) is 5.73 Å². The fraction of sp³-hybridized carbons (Fsp3) is 0.588. The number of fused-ring (bicyclic) bond motifs is 3. The topological polar surface area (TPSA) is 109 Å². The van der Waals surface area contributed by atoms with Crippen molar-refractivity contribution in [2.45, 2.75) is 38.5 Å². The molecule has 3 aliphatic carbocycles. The normalized spacial score (nSPS) is 30.3. The van der Waals surface area contributed by atoms with Gasteiger partial charge in [-0.3, -0.25) is 14.4 Å². The molecule has 4 rings (SSSR count). The minimum absolute atomic E-state index is 0.104. The monoisotopic (exact) mass is 348 g/mol. The van der Waals surface area contributed by atoms with E-state index >= 15 is 0 Å². The van der Waals surface area contributed by atoms with Gasteiger partial charge in [0.05, 0.1) is 17.4 Å². The number of amides is 2. The van der Waals surface area contributed by atoms with E-state index in [-0.39, 0.29) is 17.7 Å². The summed E-state index contributed by atoms with van der Waals surface area (Å²) in [6, 6.07) is 0. The van der Waals surface area contributed by atoms with Crippen LogP contribution in [0, 0.1) is 23.7 Å². The molecular formula is C17H20N2O4S. The summed E-state index contributed by atoms with van der Waals surface area (Å²) in [5.41, 5.74) is 6.91. The van der Waals surface area contributed by atoms with Crippen LogP contribution in [0.3, 0.4) is 0 Å². The number of carboxylic acid groups (broad SMARTS) is 1. The number of aliphatic carboxylic acids is 1. The molecule has 1 heterocycles. The molecule has 24 heavy (non-hydrogen) atoms. The quantitative estimate of drug-likeness (QED) is 0.773. The Morgan fingerprint density at radius 3 is 2.50 bits per heavy atom. The van der Waals surface area contributed by atoms with Crippen LogP contribution >= 0.6 is 11.3 Å². The lowest BCUT2D eigenvalue weighted by atomic mass is 9.79. The maximum absolute atomic E-state index is 12.8. The van der Waals surface area contributed by atoms with Crippen molar-refractivity contribution in [1.29, 1.82) is 0 Å². The van der Waals surface area contributed by atoms with E-state index in [1.807, 2.05) is 0 Å². The molecule has 2 bridgehead atoms. The van der Waals surface area contributed by atoms with Gasteiger partial charge in [0.2, 0.25) is 5.91 Å². The number of carboxylic acids is 1. The number of hydrogen-bond acceptors (Lipinski definition) is 4. The number of nitrogens with two attached hydrogens (primary N) is 1. The molecule has 2 fully saturated rings. The van der Waals surface area contributed by atoms with Gasteiger partial charge in [-0.15, -0.1) is 11.3 Å². The summed E-state index contributed by atoms with van der Waals surface area (Å²) in [4.78, 5) is 37.3. The maximum atomic E-state index is 12.8. The first-order chi connectivity index (χ1) is 11.5. The molecular weight excluding hydrogens is 328 g/mol. The van der Waals surface area contributed by atoms with Crippen LogP contribution < -0.4 is 11.1 Å². The number of primary amides is 1. The lowest BCUT2D eigenvalue weighted by Gasteiger charge is -2.26. The highest BCUT2D eigenvalue weighted by Crippen LogP contribution is 2.53. The lowest BCUT2D eigenvalue weighted by Crippen LogP contribution is -2.38. The summed E-state index contributed by atoms with van der Waals surface area (Å²) < 4.78 is 0. The number of rotatable bonds is 4. The van der Waals surface area contributed by atoms with Gasteiger partial charge in [-0.05, 0) is 55.9 Å². The van der Waals surface area contributed by atoms with E-state index in [1.165, 1.54) is 11.3 Å². The van der Waals surface area contributed by atoms with E-state index in [0.717, 1.165) is 49.0 Å². The third kappa shape index (κ3) is 2.25. The van der Waals surface area contributed by atoms with Crippen molar-refractivity contribution in [2.75, 3.05) is 5.32 Å². The first kappa shape index (κ1) is 15.6. The van der Waals surface area contributed by atoms with E-state index in [2.05, 4.69) is 5.32 Å². The zero-order valence-corrected chi connectivity index (χ0v) is 14.0. The van der Waals surface area contributed by atoms with Gasteiger partial charge in [-0.25, -0.2) is 0 Å². The highest BCUT2D eigenvalue weighted by Gasteiger charge is 2.54. The number of carbonyl (C=O) groups is 3. The second kappa shape index (κ2) is 5.58. The van der Waals surface area contributed by atoms with Crippen LogP contribution in [0.4, 0.5) is 5.00 Å². The zero-order valence-electron chi connectivity index (χ0n) is 13.2. The molecule has 4 N–H and O–H groups in total. The zero-order chi connectivity index (χ0) is 17.0. The van der Waals surface area contributed by atoms with E-state index in [9.17, 15) is 19.5 Å². The second-order valence-electron chi connectivity index (χ2n) is 7.14. The number of carbonyl (C=O) groups excluding carboxylic acids is 2. The Balaban J connectivity index is 1.61. The molecule has 128 valence electrons. The first-order valence-electron chi connectivity index (χ1n) is 8.45. The van der Waals surface area contributed by atoms with Gasteiger partial charge < -0.3 is 16.2 Å². The molecule has 0 unspecified atom stereocenters. The third-order valence-corrected chi connectivity index (χ3v) is 7.12. The molecule has 1 aromatic rings. The number of nitrogens with one attached hydrogen (secondary N) is 1. The Morgan fingerprint density at radius 1 is 1.12 bits per heavy atom. The van der Waals surface area contributed by atoms with Gasteiger partial charge >= 0.3 is 5.97 Å². The SMILES string of the molecule is NC(=O)c1c(NC(=O)[C@@H]2[C@H]3CC[C@@H](C3)[C@@H]2C(=O)O)sc2c1CCC2. The van der Waals surface area contributed by atoms with E-state index < -0.39 is 23.7 Å². The Bertz CT molecular complexity index is 741. The summed E-state index contributed by atoms with van der Waals surface area (Å²) in [5.74, 6) is -2.53. The van der Waals surface area contributed by atoms with Crippen molar-refractivity contribution < 1.29 is 19.5 Å². The first-order valence-corrected chi connectivity index (χ1v) is 9.27. The molecule has 2 saturated carbocycles. The van der Waals surface area contributed by atoms with Crippen molar-refractivity contribution in [2.24, 2.45) is 29.4 Å². The molecule has 6 nitrogen and oxygen atoms in total. The van der Waals surface area contributed by atoms with Gasteiger partial charge in [0.15, 0.2) is 0 Å². The highest BCUT2D eigenvalue weighted by atomic mass is 32.1. The predicted molar refractivity (Wildman–Crippen MR) is 88.9 cm³/mol. The van der Waals surface area contributed by atoms with Crippen molar-refractivity contribution in [1.82, 2.24) is 0 Å². The molecule has 0 saturated heterocycles. The van der Waals surface area contributed by atoms with Crippen LogP contribution in [0.2, 0.25) is 0 Å². The standard InChI is InChI=1S/C17H20N2O4S/c18-14(20)13-9-2-1-3-10(9)24-16(13)19-15(21)11-7-4-5-8(6-7)12(11)17(22)23/h7-8,11-12H,1-6H2,(H2,18,20)(H,19,21)(H,22,23)/t7-,8-,11+,12-/m0/s1. The Hall–Kier alpha value is -1.89. The van der Waals surface area contributed by atoms with Gasteiger partial charge in [-0.1, -0.05) is 0 Å². The van der Waals surface area contributed by atoms with Crippen LogP contribution in [0.5, 0.6) is 0 Å². The summed E-state index contributed by atoms with van der Waals surface area (Å²) in [6.45, 7) is 0. The van der Waals surface area contributed by atoms with Crippen LogP contribution in [0.25, 0.3) is 0 Å².